The number of carbonyl (C=O) groups is 2. The zero-order chi connectivity index (χ0) is 15.5. The summed E-state index contributed by atoms with van der Waals surface area (Å²) in [4.78, 5) is 22.9. The van der Waals surface area contributed by atoms with Crippen molar-refractivity contribution in [3.8, 4) is 11.5 Å². The number of benzene rings is 1. The van der Waals surface area contributed by atoms with Crippen LogP contribution in [0.25, 0.3) is 0 Å². The number of phenolic OH excluding ortho intramolecular Hbond substituents is 1. The van der Waals surface area contributed by atoms with Crippen molar-refractivity contribution in [2.24, 2.45) is 0 Å². The molecule has 5 nitrogen and oxygen atoms in total. The first-order valence-corrected chi connectivity index (χ1v) is 7.14. The number of phenols is 1. The molecule has 5 heteroatoms. The van der Waals surface area contributed by atoms with Gasteiger partial charge in [0.15, 0.2) is 11.5 Å². The SMILES string of the molecule is CCOC(=O)CC1(c2ccc(O)c(OC(C)=O)c2)CCC1. The summed E-state index contributed by atoms with van der Waals surface area (Å²) in [5.41, 5.74) is 0.630. The minimum atomic E-state index is -0.490. The van der Waals surface area contributed by atoms with Gasteiger partial charge in [-0.3, -0.25) is 9.59 Å². The van der Waals surface area contributed by atoms with Crippen molar-refractivity contribution in [1.82, 2.24) is 0 Å². The van der Waals surface area contributed by atoms with Gasteiger partial charge in [0.05, 0.1) is 13.0 Å². The minimum Gasteiger partial charge on any atom is -0.504 e. The molecule has 1 saturated carbocycles. The van der Waals surface area contributed by atoms with Gasteiger partial charge in [0.2, 0.25) is 0 Å². The van der Waals surface area contributed by atoms with Gasteiger partial charge in [0.25, 0.3) is 0 Å². The molecule has 21 heavy (non-hydrogen) atoms. The summed E-state index contributed by atoms with van der Waals surface area (Å²) >= 11 is 0. The van der Waals surface area contributed by atoms with E-state index in [4.69, 9.17) is 9.47 Å². The van der Waals surface area contributed by atoms with Crippen LogP contribution in [0.4, 0.5) is 0 Å². The molecule has 2 rings (SSSR count). The Morgan fingerprint density at radius 1 is 1.33 bits per heavy atom. The third kappa shape index (κ3) is 3.35. The molecule has 1 aromatic carbocycles. The molecule has 0 unspecified atom stereocenters. The van der Waals surface area contributed by atoms with E-state index in [1.165, 1.54) is 13.0 Å². The molecule has 114 valence electrons. The smallest absolute Gasteiger partial charge is 0.308 e. The molecule has 0 amide bonds. The lowest BCUT2D eigenvalue weighted by Gasteiger charge is -2.41. The van der Waals surface area contributed by atoms with Crippen LogP contribution in [0, 0.1) is 0 Å². The Morgan fingerprint density at radius 2 is 2.05 bits per heavy atom. The second-order valence-electron chi connectivity index (χ2n) is 5.39. The van der Waals surface area contributed by atoms with Gasteiger partial charge in [0, 0.05) is 12.3 Å². The molecule has 0 saturated heterocycles. The normalized spacial score (nSPS) is 15.9. The standard InChI is InChI=1S/C16H20O5/c1-3-20-15(19)10-16(7-4-8-16)12-5-6-13(18)14(9-12)21-11(2)17/h5-6,9,18H,3-4,7-8,10H2,1-2H3. The van der Waals surface area contributed by atoms with Crippen molar-refractivity contribution >= 4 is 11.9 Å². The summed E-state index contributed by atoms with van der Waals surface area (Å²) < 4.78 is 10.0. The molecule has 0 spiro atoms. The van der Waals surface area contributed by atoms with Crippen LogP contribution in [0.1, 0.15) is 45.1 Å². The Balaban J connectivity index is 2.25. The quantitative estimate of drug-likeness (QED) is 0.667. The summed E-state index contributed by atoms with van der Waals surface area (Å²) in [7, 11) is 0. The zero-order valence-corrected chi connectivity index (χ0v) is 12.3. The van der Waals surface area contributed by atoms with Gasteiger partial charge in [-0.15, -0.1) is 0 Å². The maximum Gasteiger partial charge on any atom is 0.308 e. The highest BCUT2D eigenvalue weighted by molar-refractivity contribution is 5.73. The first-order valence-electron chi connectivity index (χ1n) is 7.14. The molecule has 0 aromatic heterocycles. The number of ether oxygens (including phenoxy) is 2. The van der Waals surface area contributed by atoms with Crippen LogP contribution in [0.3, 0.4) is 0 Å². The van der Waals surface area contributed by atoms with Crippen molar-refractivity contribution < 1.29 is 24.2 Å². The van der Waals surface area contributed by atoms with E-state index < -0.39 is 5.97 Å². The zero-order valence-electron chi connectivity index (χ0n) is 12.3. The third-order valence-corrected chi connectivity index (χ3v) is 3.92. The number of aromatic hydroxyl groups is 1. The largest absolute Gasteiger partial charge is 0.504 e. The maximum atomic E-state index is 11.8. The molecule has 0 radical (unpaired) electrons. The van der Waals surface area contributed by atoms with Crippen LogP contribution in [0.2, 0.25) is 0 Å². The fourth-order valence-corrected chi connectivity index (χ4v) is 2.74. The van der Waals surface area contributed by atoms with Gasteiger partial charge in [-0.25, -0.2) is 0 Å². The number of hydrogen-bond acceptors (Lipinski definition) is 5. The van der Waals surface area contributed by atoms with Crippen molar-refractivity contribution in [2.45, 2.75) is 44.9 Å². The lowest BCUT2D eigenvalue weighted by atomic mass is 9.62. The fraction of sp³-hybridized carbons (Fsp3) is 0.500. The molecule has 0 bridgehead atoms. The van der Waals surface area contributed by atoms with Crippen LogP contribution in [-0.4, -0.2) is 23.7 Å². The average molecular weight is 292 g/mol. The van der Waals surface area contributed by atoms with E-state index in [1.807, 2.05) is 0 Å². The molecule has 0 heterocycles. The predicted octanol–water partition coefficient (Wildman–Crippen LogP) is 2.69. The highest BCUT2D eigenvalue weighted by Gasteiger charge is 2.41. The molecule has 1 N–H and O–H groups in total. The van der Waals surface area contributed by atoms with Gasteiger partial charge in [-0.1, -0.05) is 12.5 Å². The second-order valence-corrected chi connectivity index (χ2v) is 5.39. The van der Waals surface area contributed by atoms with Crippen LogP contribution in [0.5, 0.6) is 11.5 Å². The summed E-state index contributed by atoms with van der Waals surface area (Å²) in [6, 6.07) is 4.93. The third-order valence-electron chi connectivity index (χ3n) is 3.92. The van der Waals surface area contributed by atoms with E-state index in [0.29, 0.717) is 13.0 Å². The number of esters is 2. The molecule has 1 aromatic rings. The van der Waals surface area contributed by atoms with E-state index in [-0.39, 0.29) is 22.9 Å². The van der Waals surface area contributed by atoms with Crippen molar-refractivity contribution in [3.05, 3.63) is 23.8 Å². The molecular weight excluding hydrogens is 272 g/mol. The first kappa shape index (κ1) is 15.4. The number of hydrogen-bond donors (Lipinski definition) is 1. The fourth-order valence-electron chi connectivity index (χ4n) is 2.74. The maximum absolute atomic E-state index is 11.8. The van der Waals surface area contributed by atoms with Crippen molar-refractivity contribution in [2.75, 3.05) is 6.61 Å². The van der Waals surface area contributed by atoms with E-state index in [2.05, 4.69) is 0 Å². The van der Waals surface area contributed by atoms with Gasteiger partial charge in [-0.2, -0.15) is 0 Å². The topological polar surface area (TPSA) is 72.8 Å². The predicted molar refractivity (Wildman–Crippen MR) is 76.2 cm³/mol. The van der Waals surface area contributed by atoms with Crippen molar-refractivity contribution in [3.63, 3.8) is 0 Å². The molecule has 0 aliphatic heterocycles. The Kier molecular flexibility index (Phi) is 4.50. The molecule has 1 fully saturated rings. The summed E-state index contributed by atoms with van der Waals surface area (Å²) in [5.74, 6) is -0.662. The van der Waals surface area contributed by atoms with E-state index in [9.17, 15) is 14.7 Å². The molecular formula is C16H20O5. The second kappa shape index (κ2) is 6.16. The van der Waals surface area contributed by atoms with Crippen LogP contribution in [-0.2, 0) is 19.7 Å². The Bertz CT molecular complexity index is 546. The Morgan fingerprint density at radius 3 is 2.57 bits per heavy atom. The molecule has 1 aliphatic carbocycles. The summed E-state index contributed by atoms with van der Waals surface area (Å²) in [6.45, 7) is 3.43. The van der Waals surface area contributed by atoms with Crippen LogP contribution < -0.4 is 4.74 Å². The average Bonchev–Trinajstić information content (AvgIpc) is 2.36. The highest BCUT2D eigenvalue weighted by atomic mass is 16.5. The lowest BCUT2D eigenvalue weighted by Crippen LogP contribution is -2.37. The van der Waals surface area contributed by atoms with Crippen LogP contribution in [0.15, 0.2) is 18.2 Å². The molecule has 0 atom stereocenters. The minimum absolute atomic E-state index is 0.0837. The summed E-state index contributed by atoms with van der Waals surface area (Å²) in [5, 5.41) is 9.74. The molecule has 1 aliphatic rings. The Labute approximate surface area is 123 Å². The monoisotopic (exact) mass is 292 g/mol. The van der Waals surface area contributed by atoms with E-state index in [0.717, 1.165) is 24.8 Å². The first-order chi connectivity index (χ1) is 9.97. The number of carbonyl (C=O) groups excluding carboxylic acids is 2. The van der Waals surface area contributed by atoms with Gasteiger partial charge in [0.1, 0.15) is 0 Å². The van der Waals surface area contributed by atoms with Gasteiger partial charge in [-0.05, 0) is 37.5 Å². The summed E-state index contributed by atoms with van der Waals surface area (Å²) in [6.07, 6.45) is 3.13. The number of rotatable bonds is 5. The van der Waals surface area contributed by atoms with E-state index in [1.54, 1.807) is 19.1 Å². The highest BCUT2D eigenvalue weighted by Crippen LogP contribution is 2.48. The lowest BCUT2D eigenvalue weighted by molar-refractivity contribution is -0.145. The van der Waals surface area contributed by atoms with Gasteiger partial charge >= 0.3 is 11.9 Å². The van der Waals surface area contributed by atoms with Crippen molar-refractivity contribution in [1.29, 1.82) is 0 Å². The van der Waals surface area contributed by atoms with E-state index >= 15 is 0 Å². The van der Waals surface area contributed by atoms with Gasteiger partial charge < -0.3 is 14.6 Å². The van der Waals surface area contributed by atoms with Crippen LogP contribution >= 0.6 is 0 Å². The Hall–Kier alpha value is -2.04.